The number of carbonyl (C=O) groups excluding carboxylic acids is 1. The van der Waals surface area contributed by atoms with Crippen LogP contribution in [-0.2, 0) is 6.54 Å². The van der Waals surface area contributed by atoms with Crippen LogP contribution in [0.5, 0.6) is 0 Å². The van der Waals surface area contributed by atoms with E-state index in [1.54, 1.807) is 10.9 Å². The first-order valence-corrected chi connectivity index (χ1v) is 8.17. The van der Waals surface area contributed by atoms with Crippen LogP contribution in [0.1, 0.15) is 15.9 Å². The number of carbonyl (C=O) groups is 1. The molecular formula is C15H10BrClN2OS. The van der Waals surface area contributed by atoms with Crippen molar-refractivity contribution in [3.63, 3.8) is 0 Å². The van der Waals surface area contributed by atoms with Crippen molar-refractivity contribution in [2.45, 2.75) is 6.54 Å². The molecule has 0 fully saturated rings. The fraction of sp³-hybridized carbons (Fsp3) is 0.0667. The molecule has 0 N–H and O–H groups in total. The molecule has 2 heterocycles. The number of thiophene rings is 1. The highest BCUT2D eigenvalue weighted by Gasteiger charge is 2.13. The number of benzene rings is 1. The van der Waals surface area contributed by atoms with Gasteiger partial charge in [0.1, 0.15) is 5.69 Å². The maximum Gasteiger partial charge on any atom is 0.153 e. The molecule has 0 bridgehead atoms. The molecule has 2 aromatic heterocycles. The van der Waals surface area contributed by atoms with E-state index in [2.05, 4.69) is 21.0 Å². The highest BCUT2D eigenvalue weighted by molar-refractivity contribution is 9.10. The lowest BCUT2D eigenvalue weighted by atomic mass is 10.2. The van der Waals surface area contributed by atoms with Crippen LogP contribution in [0, 0.1) is 0 Å². The quantitative estimate of drug-likeness (QED) is 0.603. The Morgan fingerprint density at radius 2 is 2.00 bits per heavy atom. The zero-order chi connectivity index (χ0) is 14.8. The summed E-state index contributed by atoms with van der Waals surface area (Å²) in [6.45, 7) is 0.618. The van der Waals surface area contributed by atoms with Gasteiger partial charge in [-0.2, -0.15) is 5.10 Å². The van der Waals surface area contributed by atoms with Crippen LogP contribution in [0.2, 0.25) is 4.34 Å². The van der Waals surface area contributed by atoms with Gasteiger partial charge in [-0.25, -0.2) is 0 Å². The molecule has 0 aliphatic carbocycles. The molecule has 6 heteroatoms. The summed E-state index contributed by atoms with van der Waals surface area (Å²) in [7, 11) is 0. The van der Waals surface area contributed by atoms with Crippen LogP contribution in [0.3, 0.4) is 0 Å². The van der Waals surface area contributed by atoms with Crippen molar-refractivity contribution >= 4 is 45.2 Å². The summed E-state index contributed by atoms with van der Waals surface area (Å²) in [4.78, 5) is 12.1. The second-order valence-corrected chi connectivity index (χ2v) is 7.11. The van der Waals surface area contributed by atoms with Gasteiger partial charge in [0.05, 0.1) is 21.3 Å². The van der Waals surface area contributed by atoms with E-state index >= 15 is 0 Å². The molecule has 0 aliphatic heterocycles. The molecule has 21 heavy (non-hydrogen) atoms. The van der Waals surface area contributed by atoms with Crippen LogP contribution in [0.4, 0.5) is 0 Å². The number of hydrogen-bond acceptors (Lipinski definition) is 3. The predicted octanol–water partition coefficient (Wildman–Crippen LogP) is 4.89. The lowest BCUT2D eigenvalue weighted by Crippen LogP contribution is -1.99. The van der Waals surface area contributed by atoms with E-state index in [-0.39, 0.29) is 0 Å². The van der Waals surface area contributed by atoms with Gasteiger partial charge in [0.25, 0.3) is 0 Å². The predicted molar refractivity (Wildman–Crippen MR) is 89.2 cm³/mol. The van der Waals surface area contributed by atoms with Gasteiger partial charge in [0.15, 0.2) is 6.29 Å². The van der Waals surface area contributed by atoms with Gasteiger partial charge in [-0.15, -0.1) is 11.3 Å². The molecule has 0 radical (unpaired) electrons. The lowest BCUT2D eigenvalue weighted by molar-refractivity contribution is 0.112. The van der Waals surface area contributed by atoms with Crippen molar-refractivity contribution in [2.75, 3.05) is 0 Å². The largest absolute Gasteiger partial charge is 0.298 e. The van der Waals surface area contributed by atoms with Gasteiger partial charge in [0, 0.05) is 10.7 Å². The van der Waals surface area contributed by atoms with Gasteiger partial charge >= 0.3 is 0 Å². The Kier molecular flexibility index (Phi) is 4.24. The summed E-state index contributed by atoms with van der Waals surface area (Å²) in [5.74, 6) is 0. The zero-order valence-electron chi connectivity index (χ0n) is 10.8. The van der Waals surface area contributed by atoms with E-state index in [1.807, 2.05) is 36.4 Å². The highest BCUT2D eigenvalue weighted by Crippen LogP contribution is 2.31. The second-order valence-electron chi connectivity index (χ2n) is 4.48. The Bertz CT molecular complexity index is 779. The Hall–Kier alpha value is -1.43. The van der Waals surface area contributed by atoms with E-state index in [0.717, 1.165) is 21.2 Å². The summed E-state index contributed by atoms with van der Waals surface area (Å²) in [6.07, 6.45) is 2.59. The summed E-state index contributed by atoms with van der Waals surface area (Å²) >= 11 is 10.8. The topological polar surface area (TPSA) is 34.9 Å². The number of hydrogen-bond donors (Lipinski definition) is 0. The fourth-order valence-corrected chi connectivity index (χ4v) is 3.33. The molecule has 0 saturated heterocycles. The number of halogens is 2. The van der Waals surface area contributed by atoms with Crippen LogP contribution in [0.25, 0.3) is 10.6 Å². The first kappa shape index (κ1) is 14.5. The van der Waals surface area contributed by atoms with E-state index in [0.29, 0.717) is 22.1 Å². The fourth-order valence-electron chi connectivity index (χ4n) is 2.01. The Morgan fingerprint density at radius 3 is 2.62 bits per heavy atom. The van der Waals surface area contributed by atoms with E-state index < -0.39 is 0 Å². The van der Waals surface area contributed by atoms with Gasteiger partial charge in [-0.3, -0.25) is 9.48 Å². The smallest absolute Gasteiger partial charge is 0.153 e. The molecule has 3 rings (SSSR count). The Morgan fingerprint density at radius 1 is 1.24 bits per heavy atom. The average Bonchev–Trinajstić information content (AvgIpc) is 3.07. The third kappa shape index (κ3) is 3.26. The summed E-state index contributed by atoms with van der Waals surface area (Å²) in [5, 5.41) is 4.51. The van der Waals surface area contributed by atoms with Crippen molar-refractivity contribution in [1.82, 2.24) is 9.78 Å². The molecule has 0 atom stereocenters. The van der Waals surface area contributed by atoms with Crippen LogP contribution in [-0.4, -0.2) is 16.1 Å². The minimum Gasteiger partial charge on any atom is -0.298 e. The standard InChI is InChI=1S/C15H10BrClN2OS/c16-12-3-1-10(2-4-12)7-19-8-11(9-20)15(18-19)13-5-6-14(17)21-13/h1-6,8-9H,7H2. The second kappa shape index (κ2) is 6.13. The first-order chi connectivity index (χ1) is 10.2. The molecular weight excluding hydrogens is 372 g/mol. The summed E-state index contributed by atoms with van der Waals surface area (Å²) in [5.41, 5.74) is 2.37. The van der Waals surface area contributed by atoms with Crippen molar-refractivity contribution < 1.29 is 4.79 Å². The number of aromatic nitrogens is 2. The molecule has 0 aliphatic rings. The summed E-state index contributed by atoms with van der Waals surface area (Å²) in [6, 6.07) is 11.7. The first-order valence-electron chi connectivity index (χ1n) is 6.18. The molecule has 0 amide bonds. The van der Waals surface area contributed by atoms with Gasteiger partial charge in [0.2, 0.25) is 0 Å². The molecule has 0 saturated carbocycles. The Balaban J connectivity index is 1.92. The lowest BCUT2D eigenvalue weighted by Gasteiger charge is -2.01. The highest BCUT2D eigenvalue weighted by atomic mass is 79.9. The van der Waals surface area contributed by atoms with Gasteiger partial charge in [-0.05, 0) is 29.8 Å². The van der Waals surface area contributed by atoms with Crippen molar-refractivity contribution in [1.29, 1.82) is 0 Å². The number of nitrogens with zero attached hydrogens (tertiary/aromatic N) is 2. The number of aldehydes is 1. The number of rotatable bonds is 4. The van der Waals surface area contributed by atoms with Crippen molar-refractivity contribution in [3.05, 3.63) is 62.5 Å². The van der Waals surface area contributed by atoms with Gasteiger partial charge < -0.3 is 0 Å². The van der Waals surface area contributed by atoms with Crippen molar-refractivity contribution in [3.8, 4) is 10.6 Å². The third-order valence-corrected chi connectivity index (χ3v) is 4.75. The molecule has 1 aromatic carbocycles. The van der Waals surface area contributed by atoms with Gasteiger partial charge in [-0.1, -0.05) is 39.7 Å². The minimum absolute atomic E-state index is 0.575. The molecule has 3 aromatic rings. The van der Waals surface area contributed by atoms with E-state index in [4.69, 9.17) is 11.6 Å². The molecule has 106 valence electrons. The maximum absolute atomic E-state index is 11.2. The van der Waals surface area contributed by atoms with E-state index in [9.17, 15) is 4.79 Å². The van der Waals surface area contributed by atoms with Crippen LogP contribution in [0.15, 0.2) is 47.1 Å². The third-order valence-electron chi connectivity index (χ3n) is 2.98. The average molecular weight is 382 g/mol. The Labute approximate surface area is 139 Å². The zero-order valence-corrected chi connectivity index (χ0v) is 14.0. The van der Waals surface area contributed by atoms with Crippen LogP contribution >= 0.6 is 38.9 Å². The van der Waals surface area contributed by atoms with E-state index in [1.165, 1.54) is 11.3 Å². The SMILES string of the molecule is O=Cc1cn(Cc2ccc(Br)cc2)nc1-c1ccc(Cl)s1. The minimum atomic E-state index is 0.575. The maximum atomic E-state index is 11.2. The normalized spacial score (nSPS) is 10.8. The van der Waals surface area contributed by atoms with Crippen molar-refractivity contribution in [2.24, 2.45) is 0 Å². The molecule has 3 nitrogen and oxygen atoms in total. The summed E-state index contributed by atoms with van der Waals surface area (Å²) < 4.78 is 3.49. The molecule has 0 unspecified atom stereocenters. The van der Waals surface area contributed by atoms with Crippen LogP contribution < -0.4 is 0 Å². The monoisotopic (exact) mass is 380 g/mol. The molecule has 0 spiro atoms.